The highest BCUT2D eigenvalue weighted by molar-refractivity contribution is 5.91. The molecule has 8 heteroatoms. The molecule has 0 bridgehead atoms. The molecule has 0 unspecified atom stereocenters. The highest BCUT2D eigenvalue weighted by Crippen LogP contribution is 2.37. The van der Waals surface area contributed by atoms with E-state index in [0.717, 1.165) is 5.56 Å². The summed E-state index contributed by atoms with van der Waals surface area (Å²) in [4.78, 5) is 24.0. The number of ether oxygens (including phenoxy) is 1. The summed E-state index contributed by atoms with van der Waals surface area (Å²) in [6.07, 6.45) is -4.85. The Morgan fingerprint density at radius 2 is 2.00 bits per heavy atom. The van der Waals surface area contributed by atoms with Gasteiger partial charge in [0.1, 0.15) is 12.6 Å². The molecule has 2 N–H and O–H groups in total. The van der Waals surface area contributed by atoms with Crippen LogP contribution >= 0.6 is 0 Å². The fraction of sp³-hybridized carbons (Fsp3) is 0.500. The minimum atomic E-state index is -4.73. The Bertz CT molecular complexity index is 584. The molecule has 1 aliphatic heterocycles. The molecular formula is C16H19F3N2O3. The van der Waals surface area contributed by atoms with Gasteiger partial charge >= 0.3 is 12.1 Å². The van der Waals surface area contributed by atoms with Gasteiger partial charge in [-0.3, -0.25) is 10.1 Å². The van der Waals surface area contributed by atoms with E-state index in [1.807, 2.05) is 0 Å². The molecule has 1 aromatic rings. The first-order valence-electron chi connectivity index (χ1n) is 7.59. The van der Waals surface area contributed by atoms with Gasteiger partial charge in [-0.25, -0.2) is 4.79 Å². The zero-order valence-electron chi connectivity index (χ0n) is 13.2. The second-order valence-corrected chi connectivity index (χ2v) is 5.72. The molecule has 2 rings (SSSR count). The Labute approximate surface area is 137 Å². The number of alkyl halides is 3. The molecule has 1 aromatic carbocycles. The van der Waals surface area contributed by atoms with E-state index < -0.39 is 29.6 Å². The zero-order chi connectivity index (χ0) is 17.8. The third kappa shape index (κ3) is 3.87. The van der Waals surface area contributed by atoms with Crippen molar-refractivity contribution in [2.24, 2.45) is 0 Å². The molecule has 1 heterocycles. The van der Waals surface area contributed by atoms with E-state index in [0.29, 0.717) is 0 Å². The lowest BCUT2D eigenvalue weighted by atomic mass is 9.95. The molecule has 0 spiro atoms. The standard InChI is InChI=1S/C16H19F3N2O3/c1-11(13(22)24-10-12-6-3-2-4-7-12)21-14(23)15(16(17,18)19)8-5-9-20-15/h2-4,6-7,11,20H,5,8-10H2,1H3,(H,21,23)/t11-,15-/m0/s1. The minimum Gasteiger partial charge on any atom is -0.459 e. The molecule has 5 nitrogen and oxygen atoms in total. The Hall–Kier alpha value is -2.09. The van der Waals surface area contributed by atoms with Crippen molar-refractivity contribution in [2.75, 3.05) is 6.54 Å². The lowest BCUT2D eigenvalue weighted by molar-refractivity contribution is -0.197. The number of esters is 1. The van der Waals surface area contributed by atoms with Crippen molar-refractivity contribution in [3.05, 3.63) is 35.9 Å². The van der Waals surface area contributed by atoms with E-state index in [1.54, 1.807) is 30.3 Å². The predicted octanol–water partition coefficient (Wildman–Crippen LogP) is 1.92. The molecule has 0 radical (unpaired) electrons. The number of carbonyl (C=O) groups is 2. The molecule has 0 aliphatic carbocycles. The molecule has 0 aromatic heterocycles. The SMILES string of the molecule is C[C@H](NC(=O)[C@]1(C(F)(F)F)CCCN1)C(=O)OCc1ccccc1. The second kappa shape index (κ2) is 7.21. The van der Waals surface area contributed by atoms with Crippen molar-refractivity contribution < 1.29 is 27.5 Å². The molecule has 132 valence electrons. The van der Waals surface area contributed by atoms with Gasteiger partial charge in [-0.2, -0.15) is 13.2 Å². The van der Waals surface area contributed by atoms with E-state index in [2.05, 4.69) is 10.6 Å². The van der Waals surface area contributed by atoms with Crippen molar-refractivity contribution in [3.8, 4) is 0 Å². The number of carbonyl (C=O) groups excluding carboxylic acids is 2. The van der Waals surface area contributed by atoms with Gasteiger partial charge in [0.25, 0.3) is 0 Å². The number of hydrogen-bond acceptors (Lipinski definition) is 4. The summed E-state index contributed by atoms with van der Waals surface area (Å²) in [5.74, 6) is -2.04. The van der Waals surface area contributed by atoms with Crippen molar-refractivity contribution in [2.45, 2.75) is 44.1 Å². The summed E-state index contributed by atoms with van der Waals surface area (Å²) in [6.45, 7) is 1.38. The molecule has 2 atom stereocenters. The average molecular weight is 344 g/mol. The van der Waals surface area contributed by atoms with Gasteiger partial charge in [0.05, 0.1) is 0 Å². The van der Waals surface area contributed by atoms with Crippen LogP contribution in [0.5, 0.6) is 0 Å². The van der Waals surface area contributed by atoms with Gasteiger partial charge in [0, 0.05) is 0 Å². The van der Waals surface area contributed by atoms with Gasteiger partial charge in [-0.15, -0.1) is 0 Å². The first-order valence-corrected chi connectivity index (χ1v) is 7.59. The summed E-state index contributed by atoms with van der Waals surface area (Å²) in [6, 6.07) is 7.66. The number of rotatable bonds is 5. The fourth-order valence-corrected chi connectivity index (χ4v) is 2.54. The maximum absolute atomic E-state index is 13.2. The number of amides is 1. The van der Waals surface area contributed by atoms with Crippen LogP contribution in [0, 0.1) is 0 Å². The summed E-state index contributed by atoms with van der Waals surface area (Å²) in [5.41, 5.74) is -1.89. The predicted molar refractivity (Wildman–Crippen MR) is 79.9 cm³/mol. The van der Waals surface area contributed by atoms with Crippen molar-refractivity contribution in [3.63, 3.8) is 0 Å². The van der Waals surface area contributed by atoms with E-state index >= 15 is 0 Å². The van der Waals surface area contributed by atoms with Crippen LogP contribution < -0.4 is 10.6 Å². The summed E-state index contributed by atoms with van der Waals surface area (Å²) in [7, 11) is 0. The lowest BCUT2D eigenvalue weighted by Crippen LogP contribution is -2.64. The van der Waals surface area contributed by atoms with Crippen LogP contribution in [0.15, 0.2) is 30.3 Å². The minimum absolute atomic E-state index is 0.0114. The van der Waals surface area contributed by atoms with E-state index in [9.17, 15) is 22.8 Å². The lowest BCUT2D eigenvalue weighted by Gasteiger charge is -2.31. The van der Waals surface area contributed by atoms with Crippen molar-refractivity contribution in [1.82, 2.24) is 10.6 Å². The molecule has 1 amide bonds. The third-order valence-corrected chi connectivity index (χ3v) is 3.95. The maximum atomic E-state index is 13.2. The van der Waals surface area contributed by atoms with Crippen LogP contribution in [-0.2, 0) is 20.9 Å². The van der Waals surface area contributed by atoms with Gasteiger partial charge in [0.2, 0.25) is 5.91 Å². The largest absolute Gasteiger partial charge is 0.459 e. The molecule has 1 saturated heterocycles. The van der Waals surface area contributed by atoms with Crippen LogP contribution in [0.4, 0.5) is 13.2 Å². The van der Waals surface area contributed by atoms with Crippen LogP contribution in [-0.4, -0.2) is 36.2 Å². The first kappa shape index (κ1) is 18.3. The Kier molecular flexibility index (Phi) is 5.48. The topological polar surface area (TPSA) is 67.4 Å². The smallest absolute Gasteiger partial charge is 0.415 e. The molecule has 1 aliphatic rings. The third-order valence-electron chi connectivity index (χ3n) is 3.95. The first-order chi connectivity index (χ1) is 11.3. The normalized spacial score (nSPS) is 22.0. The van der Waals surface area contributed by atoms with Gasteiger partial charge in [-0.1, -0.05) is 30.3 Å². The summed E-state index contributed by atoms with van der Waals surface area (Å²) < 4.78 is 44.8. The highest BCUT2D eigenvalue weighted by atomic mass is 19.4. The number of nitrogens with one attached hydrogen (secondary N) is 2. The van der Waals surface area contributed by atoms with Crippen LogP contribution in [0.3, 0.4) is 0 Å². The van der Waals surface area contributed by atoms with Gasteiger partial charge < -0.3 is 10.1 Å². The van der Waals surface area contributed by atoms with E-state index in [-0.39, 0.29) is 26.0 Å². The average Bonchev–Trinajstić information content (AvgIpc) is 3.04. The monoisotopic (exact) mass is 344 g/mol. The van der Waals surface area contributed by atoms with Crippen LogP contribution in [0.2, 0.25) is 0 Å². The Morgan fingerprint density at radius 1 is 1.33 bits per heavy atom. The van der Waals surface area contributed by atoms with Crippen molar-refractivity contribution >= 4 is 11.9 Å². The highest BCUT2D eigenvalue weighted by Gasteiger charge is 2.61. The van der Waals surface area contributed by atoms with Crippen LogP contribution in [0.25, 0.3) is 0 Å². The quantitative estimate of drug-likeness (QED) is 0.801. The Balaban J connectivity index is 1.94. The van der Waals surface area contributed by atoms with E-state index in [1.165, 1.54) is 6.92 Å². The van der Waals surface area contributed by atoms with Crippen LogP contribution in [0.1, 0.15) is 25.3 Å². The zero-order valence-corrected chi connectivity index (χ0v) is 13.2. The summed E-state index contributed by atoms with van der Waals surface area (Å²) in [5, 5.41) is 4.33. The van der Waals surface area contributed by atoms with Gasteiger partial charge in [-0.05, 0) is 31.9 Å². The number of benzene rings is 1. The van der Waals surface area contributed by atoms with Gasteiger partial charge in [0.15, 0.2) is 5.54 Å². The number of hydrogen-bond donors (Lipinski definition) is 2. The number of halogens is 3. The van der Waals surface area contributed by atoms with E-state index in [4.69, 9.17) is 4.74 Å². The summed E-state index contributed by atoms with van der Waals surface area (Å²) >= 11 is 0. The molecule has 1 fully saturated rings. The molecule has 0 saturated carbocycles. The van der Waals surface area contributed by atoms with Crippen molar-refractivity contribution in [1.29, 1.82) is 0 Å². The fourth-order valence-electron chi connectivity index (χ4n) is 2.54. The maximum Gasteiger partial charge on any atom is 0.415 e. The molecular weight excluding hydrogens is 325 g/mol. The Morgan fingerprint density at radius 3 is 2.54 bits per heavy atom. The second-order valence-electron chi connectivity index (χ2n) is 5.72. The molecule has 24 heavy (non-hydrogen) atoms.